The van der Waals surface area contributed by atoms with Crippen LogP contribution in [-0.4, -0.2) is 28.7 Å². The topological polar surface area (TPSA) is 20.3 Å². The number of carbonyl (C=O) groups is 1. The molecule has 2 aliphatic rings. The average molecular weight is 288 g/mol. The molecular formula is C13H22BrNO. The van der Waals surface area contributed by atoms with E-state index in [0.717, 1.165) is 18.3 Å². The number of amides is 1. The van der Waals surface area contributed by atoms with E-state index in [-0.39, 0.29) is 0 Å². The van der Waals surface area contributed by atoms with E-state index in [1.165, 1.54) is 44.9 Å². The summed E-state index contributed by atoms with van der Waals surface area (Å²) in [5, 5.41) is 0.948. The van der Waals surface area contributed by atoms with Crippen molar-refractivity contribution in [2.24, 2.45) is 5.92 Å². The average Bonchev–Trinajstić information content (AvgIpc) is 2.78. The third kappa shape index (κ3) is 2.99. The van der Waals surface area contributed by atoms with Gasteiger partial charge in [0.1, 0.15) is 0 Å². The number of likely N-dealkylation sites (tertiary alicyclic amines) is 1. The first-order valence-corrected chi connectivity index (χ1v) is 7.79. The molecular weight excluding hydrogens is 266 g/mol. The van der Waals surface area contributed by atoms with Crippen LogP contribution in [-0.2, 0) is 4.79 Å². The molecule has 2 fully saturated rings. The Morgan fingerprint density at radius 3 is 2.56 bits per heavy atom. The Kier molecular flexibility index (Phi) is 4.68. The first kappa shape index (κ1) is 12.4. The molecule has 0 N–H and O–H groups in total. The predicted octanol–water partition coefficient (Wildman–Crippen LogP) is 3.34. The van der Waals surface area contributed by atoms with E-state index in [1.54, 1.807) is 0 Å². The molecule has 1 aliphatic heterocycles. The van der Waals surface area contributed by atoms with Crippen molar-refractivity contribution in [3.05, 3.63) is 0 Å². The van der Waals surface area contributed by atoms with Gasteiger partial charge in [-0.2, -0.15) is 0 Å². The van der Waals surface area contributed by atoms with Gasteiger partial charge in [-0.1, -0.05) is 35.2 Å². The first-order chi connectivity index (χ1) is 7.81. The SMILES string of the molecule is O=C(CC1CCCCC1)N1CCC[C@H]1CBr. The highest BCUT2D eigenvalue weighted by molar-refractivity contribution is 9.09. The molecule has 0 unspecified atom stereocenters. The second-order valence-electron chi connectivity index (χ2n) is 5.25. The van der Waals surface area contributed by atoms with Gasteiger partial charge in [0.25, 0.3) is 0 Å². The molecule has 0 bridgehead atoms. The smallest absolute Gasteiger partial charge is 0.223 e. The van der Waals surface area contributed by atoms with Crippen molar-refractivity contribution in [1.82, 2.24) is 4.90 Å². The molecule has 1 saturated carbocycles. The summed E-state index contributed by atoms with van der Waals surface area (Å²) in [5.41, 5.74) is 0. The van der Waals surface area contributed by atoms with Crippen LogP contribution < -0.4 is 0 Å². The number of halogens is 1. The fourth-order valence-corrected chi connectivity index (χ4v) is 3.75. The Morgan fingerprint density at radius 2 is 1.88 bits per heavy atom. The fourth-order valence-electron chi connectivity index (χ4n) is 3.08. The molecule has 2 rings (SSSR count). The molecule has 0 aromatic rings. The van der Waals surface area contributed by atoms with Crippen LogP contribution in [0.1, 0.15) is 51.4 Å². The number of carbonyl (C=O) groups excluding carboxylic acids is 1. The van der Waals surface area contributed by atoms with E-state index < -0.39 is 0 Å². The van der Waals surface area contributed by atoms with E-state index >= 15 is 0 Å². The summed E-state index contributed by atoms with van der Waals surface area (Å²) in [5.74, 6) is 1.09. The van der Waals surface area contributed by atoms with Gasteiger partial charge >= 0.3 is 0 Å². The Morgan fingerprint density at radius 1 is 1.12 bits per heavy atom. The van der Waals surface area contributed by atoms with Gasteiger partial charge in [0.2, 0.25) is 5.91 Å². The second kappa shape index (κ2) is 6.04. The highest BCUT2D eigenvalue weighted by Crippen LogP contribution is 2.28. The van der Waals surface area contributed by atoms with Gasteiger partial charge in [-0.15, -0.1) is 0 Å². The molecule has 2 nitrogen and oxygen atoms in total. The van der Waals surface area contributed by atoms with E-state index in [1.807, 2.05) is 0 Å². The monoisotopic (exact) mass is 287 g/mol. The van der Waals surface area contributed by atoms with E-state index in [0.29, 0.717) is 17.9 Å². The molecule has 1 heterocycles. The maximum atomic E-state index is 12.2. The summed E-state index contributed by atoms with van der Waals surface area (Å²) in [6.45, 7) is 0.988. The summed E-state index contributed by atoms with van der Waals surface area (Å²) in [7, 11) is 0. The summed E-state index contributed by atoms with van der Waals surface area (Å²) in [6, 6.07) is 0.469. The number of rotatable bonds is 3. The molecule has 0 aromatic heterocycles. The van der Waals surface area contributed by atoms with Gasteiger partial charge in [-0.3, -0.25) is 4.79 Å². The van der Waals surface area contributed by atoms with Crippen LogP contribution >= 0.6 is 15.9 Å². The normalized spacial score (nSPS) is 27.3. The highest BCUT2D eigenvalue weighted by Gasteiger charge is 2.29. The number of hydrogen-bond acceptors (Lipinski definition) is 1. The third-order valence-corrected chi connectivity index (χ3v) is 4.81. The van der Waals surface area contributed by atoms with Gasteiger partial charge in [-0.25, -0.2) is 0 Å². The number of nitrogens with zero attached hydrogens (tertiary/aromatic N) is 1. The molecule has 1 amide bonds. The van der Waals surface area contributed by atoms with Crippen LogP contribution in [0.2, 0.25) is 0 Å². The van der Waals surface area contributed by atoms with Crippen molar-refractivity contribution >= 4 is 21.8 Å². The zero-order valence-corrected chi connectivity index (χ0v) is 11.5. The Balaban J connectivity index is 1.82. The first-order valence-electron chi connectivity index (χ1n) is 6.66. The van der Waals surface area contributed by atoms with Crippen molar-refractivity contribution in [2.75, 3.05) is 11.9 Å². The molecule has 1 atom stereocenters. The zero-order valence-electron chi connectivity index (χ0n) is 9.96. The van der Waals surface area contributed by atoms with Gasteiger partial charge in [0.05, 0.1) is 0 Å². The summed E-state index contributed by atoms with van der Waals surface area (Å²) in [6.07, 6.45) is 9.77. The molecule has 1 aliphatic carbocycles. The van der Waals surface area contributed by atoms with Crippen LogP contribution in [0.5, 0.6) is 0 Å². The van der Waals surface area contributed by atoms with Gasteiger partial charge in [0.15, 0.2) is 0 Å². The quantitative estimate of drug-likeness (QED) is 0.729. The van der Waals surface area contributed by atoms with Crippen LogP contribution in [0.25, 0.3) is 0 Å². The van der Waals surface area contributed by atoms with Crippen molar-refractivity contribution in [1.29, 1.82) is 0 Å². The minimum absolute atomic E-state index is 0.411. The van der Waals surface area contributed by atoms with Crippen LogP contribution in [0.15, 0.2) is 0 Å². The summed E-state index contributed by atoms with van der Waals surface area (Å²) in [4.78, 5) is 14.3. The van der Waals surface area contributed by atoms with Gasteiger partial charge in [-0.05, 0) is 31.6 Å². The van der Waals surface area contributed by atoms with E-state index in [2.05, 4.69) is 20.8 Å². The van der Waals surface area contributed by atoms with Gasteiger partial charge < -0.3 is 4.90 Å². The fraction of sp³-hybridized carbons (Fsp3) is 0.923. The molecule has 92 valence electrons. The minimum Gasteiger partial charge on any atom is -0.339 e. The van der Waals surface area contributed by atoms with E-state index in [4.69, 9.17) is 0 Å². The lowest BCUT2D eigenvalue weighted by Crippen LogP contribution is -2.37. The summed E-state index contributed by atoms with van der Waals surface area (Å²) < 4.78 is 0. The third-order valence-electron chi connectivity index (χ3n) is 4.06. The van der Waals surface area contributed by atoms with E-state index in [9.17, 15) is 4.79 Å². The van der Waals surface area contributed by atoms with Crippen LogP contribution in [0.4, 0.5) is 0 Å². The molecule has 16 heavy (non-hydrogen) atoms. The maximum absolute atomic E-state index is 12.2. The summed E-state index contributed by atoms with van der Waals surface area (Å²) >= 11 is 3.52. The zero-order chi connectivity index (χ0) is 11.4. The maximum Gasteiger partial charge on any atom is 0.223 e. The van der Waals surface area contributed by atoms with Crippen molar-refractivity contribution < 1.29 is 4.79 Å². The Bertz CT molecular complexity index is 238. The molecule has 1 saturated heterocycles. The Hall–Kier alpha value is -0.0500. The largest absolute Gasteiger partial charge is 0.339 e. The molecule has 0 aromatic carbocycles. The molecule has 0 radical (unpaired) electrons. The van der Waals surface area contributed by atoms with Crippen LogP contribution in [0, 0.1) is 5.92 Å². The molecule has 0 spiro atoms. The van der Waals surface area contributed by atoms with Crippen molar-refractivity contribution in [3.8, 4) is 0 Å². The van der Waals surface area contributed by atoms with Crippen molar-refractivity contribution in [3.63, 3.8) is 0 Å². The van der Waals surface area contributed by atoms with Crippen LogP contribution in [0.3, 0.4) is 0 Å². The lowest BCUT2D eigenvalue weighted by molar-refractivity contribution is -0.132. The van der Waals surface area contributed by atoms with Gasteiger partial charge in [0, 0.05) is 24.3 Å². The Labute approximate surface area is 107 Å². The lowest BCUT2D eigenvalue weighted by Gasteiger charge is -2.27. The number of alkyl halides is 1. The second-order valence-corrected chi connectivity index (χ2v) is 5.89. The van der Waals surface area contributed by atoms with Crippen molar-refractivity contribution in [2.45, 2.75) is 57.4 Å². The standard InChI is InChI=1S/C13H22BrNO/c14-10-12-7-4-8-15(12)13(16)9-11-5-2-1-3-6-11/h11-12H,1-10H2/t12-/m0/s1. The highest BCUT2D eigenvalue weighted by atomic mass is 79.9. The number of hydrogen-bond donors (Lipinski definition) is 0. The predicted molar refractivity (Wildman–Crippen MR) is 69.7 cm³/mol. The molecule has 3 heteroatoms. The minimum atomic E-state index is 0.411. The lowest BCUT2D eigenvalue weighted by atomic mass is 9.86.